The molecule has 0 amide bonds. The number of rotatable bonds is 5. The summed E-state index contributed by atoms with van der Waals surface area (Å²) in [7, 11) is 1.88. The number of guanidine groups is 1. The number of aliphatic imine (C=N–C) groups is 1. The number of nitrogens with zero attached hydrogens (tertiary/aromatic N) is 6. The smallest absolute Gasteiger partial charge is 0.225 e. The highest BCUT2D eigenvalue weighted by atomic mass is 15.4. The van der Waals surface area contributed by atoms with E-state index >= 15 is 0 Å². The summed E-state index contributed by atoms with van der Waals surface area (Å²) in [5.41, 5.74) is 1.39. The standard InChI is InChI=1S/C22H31N7/c1-23-21(27-13-15-28(16-14-27)22-24-10-6-11-25-22)26-17-20-9-5-12-29(20)18-19-7-3-2-4-8-19/h2-4,6-8,10-11,20H,5,9,12-18H2,1H3,(H,23,26). The highest BCUT2D eigenvalue weighted by molar-refractivity contribution is 5.80. The Morgan fingerprint density at radius 2 is 1.79 bits per heavy atom. The summed E-state index contributed by atoms with van der Waals surface area (Å²) in [6.45, 7) is 6.83. The van der Waals surface area contributed by atoms with Gasteiger partial charge in [-0.3, -0.25) is 9.89 Å². The van der Waals surface area contributed by atoms with E-state index in [9.17, 15) is 0 Å². The van der Waals surface area contributed by atoms with E-state index < -0.39 is 0 Å². The molecule has 0 saturated carbocycles. The third kappa shape index (κ3) is 5.03. The zero-order valence-corrected chi connectivity index (χ0v) is 17.2. The van der Waals surface area contributed by atoms with Gasteiger partial charge < -0.3 is 15.1 Å². The molecule has 0 bridgehead atoms. The number of hydrogen-bond donors (Lipinski definition) is 1. The normalized spacial score (nSPS) is 20.9. The topological polar surface area (TPSA) is 59.9 Å². The van der Waals surface area contributed by atoms with E-state index in [2.05, 4.69) is 65.3 Å². The molecular weight excluding hydrogens is 362 g/mol. The van der Waals surface area contributed by atoms with Gasteiger partial charge in [0.05, 0.1) is 0 Å². The molecule has 2 saturated heterocycles. The molecule has 7 heteroatoms. The number of anilines is 1. The van der Waals surface area contributed by atoms with Gasteiger partial charge in [-0.05, 0) is 31.0 Å². The van der Waals surface area contributed by atoms with Crippen LogP contribution in [0.25, 0.3) is 0 Å². The molecule has 2 aliphatic rings. The fourth-order valence-corrected chi connectivity index (χ4v) is 4.27. The van der Waals surface area contributed by atoms with Crippen LogP contribution in [0.15, 0.2) is 53.8 Å². The van der Waals surface area contributed by atoms with Crippen molar-refractivity contribution >= 4 is 11.9 Å². The summed E-state index contributed by atoms with van der Waals surface area (Å²) in [4.78, 5) is 20.5. The van der Waals surface area contributed by atoms with Crippen LogP contribution in [0, 0.1) is 0 Å². The second kappa shape index (κ2) is 9.69. The summed E-state index contributed by atoms with van der Waals surface area (Å²) < 4.78 is 0. The third-order valence-electron chi connectivity index (χ3n) is 5.85. The van der Waals surface area contributed by atoms with Gasteiger partial charge in [0.25, 0.3) is 0 Å². The molecule has 2 fully saturated rings. The fraction of sp³-hybridized carbons (Fsp3) is 0.500. The van der Waals surface area contributed by atoms with Crippen molar-refractivity contribution in [3.63, 3.8) is 0 Å². The van der Waals surface area contributed by atoms with Crippen molar-refractivity contribution < 1.29 is 0 Å². The molecule has 1 aromatic heterocycles. The van der Waals surface area contributed by atoms with E-state index in [1.165, 1.54) is 24.9 Å². The van der Waals surface area contributed by atoms with Gasteiger partial charge in [0, 0.05) is 64.8 Å². The second-order valence-electron chi connectivity index (χ2n) is 7.70. The maximum absolute atomic E-state index is 4.54. The second-order valence-corrected chi connectivity index (χ2v) is 7.70. The Labute approximate surface area is 173 Å². The molecule has 1 unspecified atom stereocenters. The van der Waals surface area contributed by atoms with E-state index in [-0.39, 0.29) is 0 Å². The number of aromatic nitrogens is 2. The lowest BCUT2D eigenvalue weighted by atomic mass is 10.2. The molecule has 3 heterocycles. The van der Waals surface area contributed by atoms with Crippen molar-refractivity contribution in [1.29, 1.82) is 0 Å². The van der Waals surface area contributed by atoms with Crippen LogP contribution < -0.4 is 10.2 Å². The summed E-state index contributed by atoms with van der Waals surface area (Å²) in [6, 6.07) is 13.2. The van der Waals surface area contributed by atoms with E-state index in [0.29, 0.717) is 6.04 Å². The predicted molar refractivity (Wildman–Crippen MR) is 117 cm³/mol. The molecule has 7 nitrogen and oxygen atoms in total. The highest BCUT2D eigenvalue weighted by Crippen LogP contribution is 2.19. The highest BCUT2D eigenvalue weighted by Gasteiger charge is 2.26. The molecule has 154 valence electrons. The molecule has 1 N–H and O–H groups in total. The summed E-state index contributed by atoms with van der Waals surface area (Å²) in [5.74, 6) is 1.82. The zero-order valence-electron chi connectivity index (χ0n) is 17.2. The van der Waals surface area contributed by atoms with Crippen molar-refractivity contribution in [2.45, 2.75) is 25.4 Å². The van der Waals surface area contributed by atoms with Crippen LogP contribution in [0.3, 0.4) is 0 Å². The summed E-state index contributed by atoms with van der Waals surface area (Å²) in [6.07, 6.45) is 6.12. The van der Waals surface area contributed by atoms with Crippen LogP contribution in [-0.4, -0.2) is 78.1 Å². The summed E-state index contributed by atoms with van der Waals surface area (Å²) in [5, 5.41) is 3.64. The minimum Gasteiger partial charge on any atom is -0.355 e. The molecule has 1 atom stereocenters. The van der Waals surface area contributed by atoms with E-state index in [0.717, 1.165) is 51.2 Å². The molecule has 0 aliphatic carbocycles. The van der Waals surface area contributed by atoms with Crippen LogP contribution >= 0.6 is 0 Å². The SMILES string of the molecule is CN=C(NCC1CCCN1Cc1ccccc1)N1CCN(c2ncccn2)CC1. The summed E-state index contributed by atoms with van der Waals surface area (Å²) >= 11 is 0. The third-order valence-corrected chi connectivity index (χ3v) is 5.85. The fourth-order valence-electron chi connectivity index (χ4n) is 4.27. The minimum absolute atomic E-state index is 0.561. The van der Waals surface area contributed by atoms with Gasteiger partial charge in [-0.25, -0.2) is 9.97 Å². The quantitative estimate of drug-likeness (QED) is 0.618. The van der Waals surface area contributed by atoms with Crippen molar-refractivity contribution in [3.8, 4) is 0 Å². The first kappa shape index (κ1) is 19.6. The Bertz CT molecular complexity index is 772. The Hall–Kier alpha value is -2.67. The Morgan fingerprint density at radius 1 is 1.03 bits per heavy atom. The lowest BCUT2D eigenvalue weighted by Gasteiger charge is -2.37. The first-order chi connectivity index (χ1) is 14.3. The average molecular weight is 394 g/mol. The van der Waals surface area contributed by atoms with E-state index in [1.807, 2.05) is 13.1 Å². The number of piperazine rings is 1. The van der Waals surface area contributed by atoms with Crippen LogP contribution in [0.1, 0.15) is 18.4 Å². The van der Waals surface area contributed by atoms with Gasteiger partial charge in [-0.15, -0.1) is 0 Å². The van der Waals surface area contributed by atoms with Gasteiger partial charge in [0.1, 0.15) is 0 Å². The first-order valence-electron chi connectivity index (χ1n) is 10.6. The lowest BCUT2D eigenvalue weighted by Crippen LogP contribution is -2.54. The Balaban J connectivity index is 1.27. The number of benzene rings is 1. The molecule has 1 aromatic carbocycles. The van der Waals surface area contributed by atoms with Crippen molar-refractivity contribution in [3.05, 3.63) is 54.4 Å². The van der Waals surface area contributed by atoms with E-state index in [1.54, 1.807) is 12.4 Å². The Morgan fingerprint density at radius 3 is 2.52 bits per heavy atom. The molecule has 29 heavy (non-hydrogen) atoms. The van der Waals surface area contributed by atoms with Crippen LogP contribution in [0.5, 0.6) is 0 Å². The molecule has 4 rings (SSSR count). The number of nitrogens with one attached hydrogen (secondary N) is 1. The predicted octanol–water partition coefficient (Wildman–Crippen LogP) is 1.84. The molecule has 0 radical (unpaired) electrons. The number of likely N-dealkylation sites (tertiary alicyclic amines) is 1. The van der Waals surface area contributed by atoms with Crippen molar-refractivity contribution in [2.75, 3.05) is 51.2 Å². The van der Waals surface area contributed by atoms with Crippen molar-refractivity contribution in [1.82, 2.24) is 25.1 Å². The van der Waals surface area contributed by atoms with Crippen LogP contribution in [0.4, 0.5) is 5.95 Å². The Kier molecular flexibility index (Phi) is 6.56. The van der Waals surface area contributed by atoms with Crippen molar-refractivity contribution in [2.24, 2.45) is 4.99 Å². The molecule has 2 aliphatic heterocycles. The lowest BCUT2D eigenvalue weighted by molar-refractivity contribution is 0.243. The molecular formula is C22H31N7. The molecule has 0 spiro atoms. The maximum Gasteiger partial charge on any atom is 0.225 e. The van der Waals surface area contributed by atoms with Gasteiger partial charge in [0.2, 0.25) is 5.95 Å². The largest absolute Gasteiger partial charge is 0.355 e. The van der Waals surface area contributed by atoms with Crippen LogP contribution in [0.2, 0.25) is 0 Å². The minimum atomic E-state index is 0.561. The monoisotopic (exact) mass is 393 g/mol. The van der Waals surface area contributed by atoms with Gasteiger partial charge in [0.15, 0.2) is 5.96 Å². The van der Waals surface area contributed by atoms with Gasteiger partial charge in [-0.1, -0.05) is 30.3 Å². The average Bonchev–Trinajstić information content (AvgIpc) is 3.23. The molecule has 2 aromatic rings. The maximum atomic E-state index is 4.54. The van der Waals surface area contributed by atoms with Gasteiger partial charge in [-0.2, -0.15) is 0 Å². The number of hydrogen-bond acceptors (Lipinski definition) is 5. The van der Waals surface area contributed by atoms with Gasteiger partial charge >= 0.3 is 0 Å². The van der Waals surface area contributed by atoms with E-state index in [4.69, 9.17) is 0 Å². The first-order valence-corrected chi connectivity index (χ1v) is 10.6. The van der Waals surface area contributed by atoms with Crippen LogP contribution in [-0.2, 0) is 6.54 Å². The zero-order chi connectivity index (χ0) is 19.9.